The molecule has 0 saturated heterocycles. The molecule has 0 radical (unpaired) electrons. The number of anilines is 1. The van der Waals surface area contributed by atoms with Crippen LogP contribution in [0.15, 0.2) is 18.2 Å². The Balaban J connectivity index is 1.99. The van der Waals surface area contributed by atoms with Crippen molar-refractivity contribution in [3.8, 4) is 0 Å². The highest BCUT2D eigenvalue weighted by Crippen LogP contribution is 2.30. The van der Waals surface area contributed by atoms with Crippen molar-refractivity contribution < 1.29 is 4.39 Å². The number of nitrogens with zero attached hydrogens (tertiary/aromatic N) is 1. The van der Waals surface area contributed by atoms with E-state index < -0.39 is 0 Å². The van der Waals surface area contributed by atoms with Gasteiger partial charge in [0, 0.05) is 24.3 Å². The van der Waals surface area contributed by atoms with Gasteiger partial charge in [-0.05, 0) is 43.9 Å². The standard InChI is InChI=1S/C14H21FN2/c1-2-7-17(9-11-3-4-11)10-12-5-6-13(16)8-14(12)15/h5-6,8,11H,2-4,7,9-10,16H2,1H3. The molecule has 0 heterocycles. The van der Waals surface area contributed by atoms with E-state index in [-0.39, 0.29) is 5.82 Å². The predicted molar refractivity (Wildman–Crippen MR) is 69.1 cm³/mol. The van der Waals surface area contributed by atoms with Gasteiger partial charge >= 0.3 is 0 Å². The fourth-order valence-electron chi connectivity index (χ4n) is 2.15. The van der Waals surface area contributed by atoms with E-state index in [9.17, 15) is 4.39 Å². The van der Waals surface area contributed by atoms with Crippen LogP contribution in [0.5, 0.6) is 0 Å². The molecular formula is C14H21FN2. The first-order valence-electron chi connectivity index (χ1n) is 6.45. The van der Waals surface area contributed by atoms with E-state index in [1.165, 1.54) is 18.9 Å². The first kappa shape index (κ1) is 12.4. The van der Waals surface area contributed by atoms with Crippen molar-refractivity contribution in [1.29, 1.82) is 0 Å². The molecule has 1 aromatic rings. The quantitative estimate of drug-likeness (QED) is 0.769. The number of hydrogen-bond donors (Lipinski definition) is 1. The second-order valence-electron chi connectivity index (χ2n) is 5.03. The van der Waals surface area contributed by atoms with Crippen LogP contribution in [-0.2, 0) is 6.54 Å². The Morgan fingerprint density at radius 3 is 2.76 bits per heavy atom. The maximum atomic E-state index is 13.7. The highest BCUT2D eigenvalue weighted by molar-refractivity contribution is 5.40. The summed E-state index contributed by atoms with van der Waals surface area (Å²) in [5.41, 5.74) is 6.81. The zero-order chi connectivity index (χ0) is 12.3. The van der Waals surface area contributed by atoms with E-state index in [1.807, 2.05) is 0 Å². The zero-order valence-corrected chi connectivity index (χ0v) is 10.5. The normalized spacial score (nSPS) is 15.5. The van der Waals surface area contributed by atoms with Gasteiger partial charge in [-0.1, -0.05) is 13.0 Å². The number of nitrogen functional groups attached to an aromatic ring is 1. The van der Waals surface area contributed by atoms with Crippen molar-refractivity contribution in [3.63, 3.8) is 0 Å². The molecule has 1 aromatic carbocycles. The molecule has 2 N–H and O–H groups in total. The minimum absolute atomic E-state index is 0.179. The van der Waals surface area contributed by atoms with Crippen molar-refractivity contribution in [2.45, 2.75) is 32.7 Å². The molecule has 1 aliphatic carbocycles. The molecule has 0 spiro atoms. The van der Waals surface area contributed by atoms with Gasteiger partial charge in [-0.2, -0.15) is 0 Å². The molecule has 94 valence electrons. The predicted octanol–water partition coefficient (Wildman–Crippen LogP) is 3.03. The first-order valence-corrected chi connectivity index (χ1v) is 6.45. The Morgan fingerprint density at radius 1 is 1.41 bits per heavy atom. The lowest BCUT2D eigenvalue weighted by Gasteiger charge is -2.21. The van der Waals surface area contributed by atoms with Crippen LogP contribution in [0.3, 0.4) is 0 Å². The van der Waals surface area contributed by atoms with E-state index in [0.29, 0.717) is 12.2 Å². The van der Waals surface area contributed by atoms with Crippen molar-refractivity contribution in [1.82, 2.24) is 4.90 Å². The summed E-state index contributed by atoms with van der Waals surface area (Å²) in [5, 5.41) is 0. The molecule has 2 rings (SSSR count). The van der Waals surface area contributed by atoms with Gasteiger partial charge in [-0.3, -0.25) is 4.90 Å². The van der Waals surface area contributed by atoms with Gasteiger partial charge in [0.2, 0.25) is 0 Å². The number of rotatable bonds is 6. The van der Waals surface area contributed by atoms with Crippen LogP contribution in [0.1, 0.15) is 31.7 Å². The third kappa shape index (κ3) is 3.70. The summed E-state index contributed by atoms with van der Waals surface area (Å²) in [6, 6.07) is 5.00. The third-order valence-electron chi connectivity index (χ3n) is 3.22. The van der Waals surface area contributed by atoms with Crippen molar-refractivity contribution in [2.75, 3.05) is 18.8 Å². The van der Waals surface area contributed by atoms with E-state index in [1.54, 1.807) is 12.1 Å². The summed E-state index contributed by atoms with van der Waals surface area (Å²) in [7, 11) is 0. The van der Waals surface area contributed by atoms with Crippen molar-refractivity contribution in [3.05, 3.63) is 29.6 Å². The Bertz CT molecular complexity index is 374. The summed E-state index contributed by atoms with van der Waals surface area (Å²) < 4.78 is 13.7. The zero-order valence-electron chi connectivity index (χ0n) is 10.5. The fraction of sp³-hybridized carbons (Fsp3) is 0.571. The van der Waals surface area contributed by atoms with Gasteiger partial charge in [-0.15, -0.1) is 0 Å². The average molecular weight is 236 g/mol. The summed E-state index contributed by atoms with van der Waals surface area (Å²) in [5.74, 6) is 0.667. The highest BCUT2D eigenvalue weighted by atomic mass is 19.1. The van der Waals surface area contributed by atoms with Gasteiger partial charge in [0.05, 0.1) is 0 Å². The van der Waals surface area contributed by atoms with Crippen molar-refractivity contribution >= 4 is 5.69 Å². The topological polar surface area (TPSA) is 29.3 Å². The van der Waals surface area contributed by atoms with Crippen molar-refractivity contribution in [2.24, 2.45) is 5.92 Å². The molecule has 0 aromatic heterocycles. The minimum Gasteiger partial charge on any atom is -0.399 e. The Hall–Kier alpha value is -1.09. The number of benzene rings is 1. The molecule has 1 saturated carbocycles. The summed E-state index contributed by atoms with van der Waals surface area (Å²) in [6.45, 7) is 5.02. The van der Waals surface area contributed by atoms with E-state index in [2.05, 4.69) is 11.8 Å². The molecule has 0 aliphatic heterocycles. The van der Waals surface area contributed by atoms with Gasteiger partial charge in [0.1, 0.15) is 5.82 Å². The molecule has 1 fully saturated rings. The second kappa shape index (κ2) is 5.50. The van der Waals surface area contributed by atoms with Crippen LogP contribution < -0.4 is 5.73 Å². The second-order valence-corrected chi connectivity index (χ2v) is 5.03. The van der Waals surface area contributed by atoms with E-state index in [4.69, 9.17) is 5.73 Å². The lowest BCUT2D eigenvalue weighted by atomic mass is 10.1. The maximum absolute atomic E-state index is 13.7. The highest BCUT2D eigenvalue weighted by Gasteiger charge is 2.24. The Labute approximate surface area is 103 Å². The molecule has 3 heteroatoms. The number of nitrogens with two attached hydrogens (primary N) is 1. The lowest BCUT2D eigenvalue weighted by Crippen LogP contribution is -2.26. The van der Waals surface area contributed by atoms with Crippen LogP contribution in [0.4, 0.5) is 10.1 Å². The minimum atomic E-state index is -0.179. The summed E-state index contributed by atoms with van der Waals surface area (Å²) in [4.78, 5) is 2.35. The van der Waals surface area contributed by atoms with Gasteiger partial charge in [0.25, 0.3) is 0 Å². The summed E-state index contributed by atoms with van der Waals surface area (Å²) in [6.07, 6.45) is 3.79. The maximum Gasteiger partial charge on any atom is 0.129 e. The molecule has 2 nitrogen and oxygen atoms in total. The Kier molecular flexibility index (Phi) is 4.00. The third-order valence-corrected chi connectivity index (χ3v) is 3.22. The number of halogens is 1. The van der Waals surface area contributed by atoms with Crippen LogP contribution in [0, 0.1) is 11.7 Å². The van der Waals surface area contributed by atoms with Crippen LogP contribution in [0.2, 0.25) is 0 Å². The number of hydrogen-bond acceptors (Lipinski definition) is 2. The molecule has 17 heavy (non-hydrogen) atoms. The van der Waals surface area contributed by atoms with Crippen LogP contribution >= 0.6 is 0 Å². The first-order chi connectivity index (χ1) is 8.19. The van der Waals surface area contributed by atoms with E-state index >= 15 is 0 Å². The fourth-order valence-corrected chi connectivity index (χ4v) is 2.15. The monoisotopic (exact) mass is 236 g/mol. The molecule has 1 aliphatic rings. The van der Waals surface area contributed by atoms with Crippen LogP contribution in [0.25, 0.3) is 0 Å². The van der Waals surface area contributed by atoms with E-state index in [0.717, 1.165) is 31.0 Å². The largest absolute Gasteiger partial charge is 0.399 e. The SMILES string of the molecule is CCCN(Cc1ccc(N)cc1F)CC1CC1. The smallest absolute Gasteiger partial charge is 0.129 e. The molecular weight excluding hydrogens is 215 g/mol. The van der Waals surface area contributed by atoms with Gasteiger partial charge < -0.3 is 5.73 Å². The van der Waals surface area contributed by atoms with Gasteiger partial charge in [0.15, 0.2) is 0 Å². The van der Waals surface area contributed by atoms with Crippen LogP contribution in [-0.4, -0.2) is 18.0 Å². The Morgan fingerprint density at radius 2 is 2.18 bits per heavy atom. The molecule has 0 unspecified atom stereocenters. The molecule has 0 atom stereocenters. The molecule has 0 bridgehead atoms. The lowest BCUT2D eigenvalue weighted by molar-refractivity contribution is 0.251. The van der Waals surface area contributed by atoms with Gasteiger partial charge in [-0.25, -0.2) is 4.39 Å². The summed E-state index contributed by atoms with van der Waals surface area (Å²) >= 11 is 0. The molecule has 0 amide bonds. The average Bonchev–Trinajstić information content (AvgIpc) is 3.06.